The van der Waals surface area contributed by atoms with Gasteiger partial charge in [-0.15, -0.1) is 0 Å². The minimum atomic E-state index is -0.485. The highest BCUT2D eigenvalue weighted by molar-refractivity contribution is 5.87. The summed E-state index contributed by atoms with van der Waals surface area (Å²) in [7, 11) is 1.58. The largest absolute Gasteiger partial charge is 0.357 e. The van der Waals surface area contributed by atoms with Crippen molar-refractivity contribution in [2.24, 2.45) is 0 Å². The summed E-state index contributed by atoms with van der Waals surface area (Å²) in [5.41, 5.74) is 0.875. The van der Waals surface area contributed by atoms with Crippen molar-refractivity contribution in [3.05, 3.63) is 18.1 Å². The molecular formula is C13H19N5O2. The van der Waals surface area contributed by atoms with E-state index >= 15 is 0 Å². The van der Waals surface area contributed by atoms with Gasteiger partial charge < -0.3 is 15.1 Å². The second-order valence-electron chi connectivity index (χ2n) is 4.81. The summed E-state index contributed by atoms with van der Waals surface area (Å²) in [6.07, 6.45) is 1.51. The molecule has 2 rings (SSSR count). The van der Waals surface area contributed by atoms with Crippen LogP contribution in [-0.2, 0) is 9.59 Å². The summed E-state index contributed by atoms with van der Waals surface area (Å²) in [6, 6.07) is 1.39. The zero-order valence-corrected chi connectivity index (χ0v) is 12.0. The van der Waals surface area contributed by atoms with Gasteiger partial charge >= 0.3 is 0 Å². The Labute approximate surface area is 118 Å². The Kier molecular flexibility index (Phi) is 4.16. The summed E-state index contributed by atoms with van der Waals surface area (Å²) in [5.74, 6) is 0.544. The van der Waals surface area contributed by atoms with Crippen molar-refractivity contribution < 1.29 is 9.59 Å². The Morgan fingerprint density at radius 1 is 1.35 bits per heavy atom. The van der Waals surface area contributed by atoms with Crippen molar-refractivity contribution in [3.8, 4) is 0 Å². The number of likely N-dealkylation sites (N-methyl/N-ethyl adjacent to an activating group) is 1. The standard InChI is InChI=1S/C13H19N5O2/c1-9-6-12(16-8-15-9)17-4-5-18(10(2)19)11(7-17)13(20)14-3/h6,8,11H,4-5,7H2,1-3H3,(H,14,20)/t11-/m1/s1. The molecule has 1 aromatic heterocycles. The van der Waals surface area contributed by atoms with E-state index < -0.39 is 6.04 Å². The molecule has 0 radical (unpaired) electrons. The van der Waals surface area contributed by atoms with E-state index in [1.165, 1.54) is 13.3 Å². The molecule has 0 unspecified atom stereocenters. The van der Waals surface area contributed by atoms with Crippen molar-refractivity contribution in [3.63, 3.8) is 0 Å². The number of aromatic nitrogens is 2. The minimum Gasteiger partial charge on any atom is -0.357 e. The third-order valence-electron chi connectivity index (χ3n) is 3.45. The van der Waals surface area contributed by atoms with Crippen LogP contribution in [0.4, 0.5) is 5.82 Å². The molecule has 7 nitrogen and oxygen atoms in total. The molecule has 2 heterocycles. The van der Waals surface area contributed by atoms with Gasteiger partial charge in [-0.25, -0.2) is 9.97 Å². The molecule has 108 valence electrons. The molecule has 1 N–H and O–H groups in total. The first-order valence-electron chi connectivity index (χ1n) is 6.55. The van der Waals surface area contributed by atoms with Crippen molar-refractivity contribution in [1.29, 1.82) is 0 Å². The van der Waals surface area contributed by atoms with Crippen molar-refractivity contribution in [2.75, 3.05) is 31.6 Å². The van der Waals surface area contributed by atoms with Gasteiger partial charge in [-0.1, -0.05) is 0 Å². The van der Waals surface area contributed by atoms with Crippen LogP contribution in [0, 0.1) is 6.92 Å². The maximum Gasteiger partial charge on any atom is 0.244 e. The molecular weight excluding hydrogens is 258 g/mol. The van der Waals surface area contributed by atoms with Gasteiger partial charge in [0.25, 0.3) is 0 Å². The van der Waals surface area contributed by atoms with E-state index in [2.05, 4.69) is 15.3 Å². The first kappa shape index (κ1) is 14.2. The number of nitrogens with one attached hydrogen (secondary N) is 1. The zero-order chi connectivity index (χ0) is 14.7. The third-order valence-corrected chi connectivity index (χ3v) is 3.45. The molecule has 7 heteroatoms. The van der Waals surface area contributed by atoms with Gasteiger partial charge in [0.05, 0.1) is 0 Å². The van der Waals surface area contributed by atoms with Gasteiger partial charge in [-0.2, -0.15) is 0 Å². The van der Waals surface area contributed by atoms with Crippen molar-refractivity contribution in [2.45, 2.75) is 19.9 Å². The predicted molar refractivity (Wildman–Crippen MR) is 74.2 cm³/mol. The lowest BCUT2D eigenvalue weighted by atomic mass is 10.1. The molecule has 20 heavy (non-hydrogen) atoms. The van der Waals surface area contributed by atoms with Gasteiger partial charge in [0.15, 0.2) is 0 Å². The number of anilines is 1. The van der Waals surface area contributed by atoms with Crippen LogP contribution in [0.1, 0.15) is 12.6 Å². The van der Waals surface area contributed by atoms with E-state index in [4.69, 9.17) is 0 Å². The molecule has 1 saturated heterocycles. The lowest BCUT2D eigenvalue weighted by Crippen LogP contribution is -2.60. The van der Waals surface area contributed by atoms with E-state index in [1.807, 2.05) is 17.9 Å². The van der Waals surface area contributed by atoms with Crippen LogP contribution in [0.3, 0.4) is 0 Å². The Bertz CT molecular complexity index is 519. The number of carbonyl (C=O) groups excluding carboxylic acids is 2. The SMILES string of the molecule is CNC(=O)[C@H]1CN(c2cc(C)ncn2)CCN1C(C)=O. The van der Waals surface area contributed by atoms with E-state index in [-0.39, 0.29) is 11.8 Å². The Morgan fingerprint density at radius 2 is 2.10 bits per heavy atom. The summed E-state index contributed by atoms with van der Waals surface area (Å²) < 4.78 is 0. The van der Waals surface area contributed by atoms with Crippen molar-refractivity contribution in [1.82, 2.24) is 20.2 Å². The summed E-state index contributed by atoms with van der Waals surface area (Å²) >= 11 is 0. The molecule has 1 aliphatic heterocycles. The number of amides is 2. The summed E-state index contributed by atoms with van der Waals surface area (Å²) in [5, 5.41) is 2.61. The first-order chi connectivity index (χ1) is 9.52. The van der Waals surface area contributed by atoms with E-state index in [0.717, 1.165) is 11.5 Å². The Morgan fingerprint density at radius 3 is 2.70 bits per heavy atom. The molecule has 0 spiro atoms. The van der Waals surface area contributed by atoms with Crippen LogP contribution < -0.4 is 10.2 Å². The second-order valence-corrected chi connectivity index (χ2v) is 4.81. The Balaban J connectivity index is 2.20. The van der Waals surface area contributed by atoms with Crippen LogP contribution >= 0.6 is 0 Å². The average Bonchev–Trinajstić information content (AvgIpc) is 2.45. The number of hydrogen-bond donors (Lipinski definition) is 1. The molecule has 2 amide bonds. The van der Waals surface area contributed by atoms with Gasteiger partial charge in [0.1, 0.15) is 18.2 Å². The molecule has 1 atom stereocenters. The smallest absolute Gasteiger partial charge is 0.244 e. The first-order valence-corrected chi connectivity index (χ1v) is 6.55. The lowest BCUT2D eigenvalue weighted by molar-refractivity contribution is -0.139. The van der Waals surface area contributed by atoms with Gasteiger partial charge in [0, 0.05) is 45.4 Å². The third kappa shape index (κ3) is 2.87. The summed E-state index contributed by atoms with van der Waals surface area (Å²) in [6.45, 7) is 4.99. The number of aryl methyl sites for hydroxylation is 1. The molecule has 0 bridgehead atoms. The topological polar surface area (TPSA) is 78.4 Å². The highest BCUT2D eigenvalue weighted by Crippen LogP contribution is 2.17. The summed E-state index contributed by atoms with van der Waals surface area (Å²) in [4.78, 5) is 35.5. The number of nitrogens with zero attached hydrogens (tertiary/aromatic N) is 4. The number of piperazine rings is 1. The Hall–Kier alpha value is -2.18. The van der Waals surface area contributed by atoms with E-state index in [0.29, 0.717) is 19.6 Å². The zero-order valence-electron chi connectivity index (χ0n) is 12.0. The quantitative estimate of drug-likeness (QED) is 0.793. The van der Waals surface area contributed by atoms with Crippen molar-refractivity contribution >= 4 is 17.6 Å². The fourth-order valence-electron chi connectivity index (χ4n) is 2.37. The highest BCUT2D eigenvalue weighted by Gasteiger charge is 2.33. The van der Waals surface area contributed by atoms with Gasteiger partial charge in [-0.3, -0.25) is 9.59 Å². The highest BCUT2D eigenvalue weighted by atomic mass is 16.2. The van der Waals surface area contributed by atoms with Crippen LogP contribution in [0.25, 0.3) is 0 Å². The number of carbonyl (C=O) groups is 2. The fourth-order valence-corrected chi connectivity index (χ4v) is 2.37. The lowest BCUT2D eigenvalue weighted by Gasteiger charge is -2.40. The number of rotatable bonds is 2. The normalized spacial score (nSPS) is 18.9. The predicted octanol–water partition coefficient (Wildman–Crippen LogP) is -0.432. The van der Waals surface area contributed by atoms with E-state index in [1.54, 1.807) is 11.9 Å². The van der Waals surface area contributed by atoms with Crippen LogP contribution in [0.15, 0.2) is 12.4 Å². The average molecular weight is 277 g/mol. The fraction of sp³-hybridized carbons (Fsp3) is 0.538. The number of hydrogen-bond acceptors (Lipinski definition) is 5. The molecule has 0 aliphatic carbocycles. The minimum absolute atomic E-state index is 0.0860. The van der Waals surface area contributed by atoms with Crippen LogP contribution in [-0.4, -0.2) is 59.4 Å². The molecule has 1 aliphatic rings. The van der Waals surface area contributed by atoms with E-state index in [9.17, 15) is 9.59 Å². The molecule has 1 aromatic rings. The van der Waals surface area contributed by atoms with Gasteiger partial charge in [-0.05, 0) is 6.92 Å². The van der Waals surface area contributed by atoms with Gasteiger partial charge in [0.2, 0.25) is 11.8 Å². The van der Waals surface area contributed by atoms with Crippen LogP contribution in [0.5, 0.6) is 0 Å². The monoisotopic (exact) mass is 277 g/mol. The molecule has 0 aromatic carbocycles. The molecule has 0 saturated carbocycles. The van der Waals surface area contributed by atoms with Crippen LogP contribution in [0.2, 0.25) is 0 Å². The maximum absolute atomic E-state index is 12.0. The second kappa shape index (κ2) is 5.85. The molecule has 1 fully saturated rings. The maximum atomic E-state index is 12.0.